The number of ether oxygens (including phenoxy) is 1. The lowest BCUT2D eigenvalue weighted by Gasteiger charge is -2.24. The molecule has 6 nitrogen and oxygen atoms in total. The number of aromatic amines is 1. The van der Waals surface area contributed by atoms with Crippen molar-refractivity contribution in [3.8, 4) is 5.75 Å². The summed E-state index contributed by atoms with van der Waals surface area (Å²) >= 11 is 0. The molecule has 1 N–H and O–H groups in total. The second kappa shape index (κ2) is 6.27. The highest BCUT2D eigenvalue weighted by Gasteiger charge is 2.30. The molecule has 1 unspecified atom stereocenters. The Balaban J connectivity index is 1.56. The lowest BCUT2D eigenvalue weighted by atomic mass is 10.2. The van der Waals surface area contributed by atoms with Crippen molar-refractivity contribution in [2.24, 2.45) is 0 Å². The molecular weight excluding hydrogens is 316 g/mol. The van der Waals surface area contributed by atoms with Gasteiger partial charge in [0.15, 0.2) is 0 Å². The SMILES string of the molecule is COc1ccc2cc(C(=O)N3CCCC3Cn3cc(C)cn3)[nH]c2c1. The topological polar surface area (TPSA) is 63.1 Å². The number of hydrogen-bond donors (Lipinski definition) is 1. The summed E-state index contributed by atoms with van der Waals surface area (Å²) in [7, 11) is 1.64. The predicted octanol–water partition coefficient (Wildman–Crippen LogP) is 2.99. The van der Waals surface area contributed by atoms with Crippen molar-refractivity contribution in [3.05, 3.63) is 47.9 Å². The third kappa shape index (κ3) is 2.99. The average Bonchev–Trinajstić information content (AvgIpc) is 3.33. The number of carbonyl (C=O) groups is 1. The van der Waals surface area contributed by atoms with Gasteiger partial charge in [0.25, 0.3) is 5.91 Å². The van der Waals surface area contributed by atoms with Crippen LogP contribution in [0.3, 0.4) is 0 Å². The summed E-state index contributed by atoms with van der Waals surface area (Å²) in [6.07, 6.45) is 5.92. The van der Waals surface area contributed by atoms with Crippen LogP contribution in [0.25, 0.3) is 10.9 Å². The first-order valence-electron chi connectivity index (χ1n) is 8.61. The molecule has 1 fully saturated rings. The van der Waals surface area contributed by atoms with E-state index in [9.17, 15) is 4.79 Å². The molecule has 3 heterocycles. The first-order valence-corrected chi connectivity index (χ1v) is 8.61. The minimum absolute atomic E-state index is 0.0570. The summed E-state index contributed by atoms with van der Waals surface area (Å²) < 4.78 is 7.18. The lowest BCUT2D eigenvalue weighted by Crippen LogP contribution is -2.38. The van der Waals surface area contributed by atoms with Crippen molar-refractivity contribution in [2.75, 3.05) is 13.7 Å². The molecule has 1 amide bonds. The van der Waals surface area contributed by atoms with Gasteiger partial charge in [0.2, 0.25) is 0 Å². The highest BCUT2D eigenvalue weighted by Crippen LogP contribution is 2.25. The largest absolute Gasteiger partial charge is 0.497 e. The molecule has 25 heavy (non-hydrogen) atoms. The fourth-order valence-electron chi connectivity index (χ4n) is 3.58. The molecule has 0 saturated carbocycles. The number of fused-ring (bicyclic) bond motifs is 1. The van der Waals surface area contributed by atoms with Gasteiger partial charge in [-0.2, -0.15) is 5.10 Å². The van der Waals surface area contributed by atoms with Crippen LogP contribution in [0.4, 0.5) is 0 Å². The van der Waals surface area contributed by atoms with Crippen LogP contribution in [0.1, 0.15) is 28.9 Å². The Kier molecular flexibility index (Phi) is 3.95. The van der Waals surface area contributed by atoms with E-state index in [0.717, 1.165) is 48.1 Å². The molecule has 1 saturated heterocycles. The minimum Gasteiger partial charge on any atom is -0.497 e. The summed E-state index contributed by atoms with van der Waals surface area (Å²) in [5.74, 6) is 0.836. The van der Waals surface area contributed by atoms with E-state index in [1.54, 1.807) is 7.11 Å². The number of benzene rings is 1. The summed E-state index contributed by atoms with van der Waals surface area (Å²) in [4.78, 5) is 18.2. The maximum absolute atomic E-state index is 13.0. The van der Waals surface area contributed by atoms with E-state index in [-0.39, 0.29) is 11.9 Å². The summed E-state index contributed by atoms with van der Waals surface area (Å²) in [6.45, 7) is 3.57. The van der Waals surface area contributed by atoms with Crippen molar-refractivity contribution in [1.82, 2.24) is 19.7 Å². The van der Waals surface area contributed by atoms with Gasteiger partial charge in [-0.05, 0) is 43.5 Å². The normalized spacial score (nSPS) is 17.4. The van der Waals surface area contributed by atoms with Crippen LogP contribution >= 0.6 is 0 Å². The van der Waals surface area contributed by atoms with Crippen LogP contribution in [0.5, 0.6) is 5.75 Å². The smallest absolute Gasteiger partial charge is 0.270 e. The van der Waals surface area contributed by atoms with E-state index in [1.807, 2.05) is 53.2 Å². The number of rotatable bonds is 4. The number of hydrogen-bond acceptors (Lipinski definition) is 3. The molecule has 0 spiro atoms. The molecule has 1 aliphatic rings. The fraction of sp³-hybridized carbons (Fsp3) is 0.368. The Hall–Kier alpha value is -2.76. The van der Waals surface area contributed by atoms with Gasteiger partial charge in [0.05, 0.1) is 25.9 Å². The number of nitrogens with zero attached hydrogens (tertiary/aromatic N) is 3. The van der Waals surface area contributed by atoms with Crippen LogP contribution in [0, 0.1) is 6.92 Å². The van der Waals surface area contributed by atoms with Crippen LogP contribution in [0.15, 0.2) is 36.7 Å². The van der Waals surface area contributed by atoms with Gasteiger partial charge in [-0.1, -0.05) is 0 Å². The molecule has 4 rings (SSSR count). The van der Waals surface area contributed by atoms with Crippen molar-refractivity contribution in [1.29, 1.82) is 0 Å². The van der Waals surface area contributed by atoms with Crippen molar-refractivity contribution in [3.63, 3.8) is 0 Å². The number of carbonyl (C=O) groups excluding carboxylic acids is 1. The maximum Gasteiger partial charge on any atom is 0.270 e. The number of aryl methyl sites for hydroxylation is 1. The molecule has 3 aromatic rings. The van der Waals surface area contributed by atoms with Crippen LogP contribution < -0.4 is 4.74 Å². The van der Waals surface area contributed by atoms with E-state index >= 15 is 0 Å². The van der Waals surface area contributed by atoms with Gasteiger partial charge < -0.3 is 14.6 Å². The van der Waals surface area contributed by atoms with Crippen LogP contribution in [0.2, 0.25) is 0 Å². The van der Waals surface area contributed by atoms with E-state index in [4.69, 9.17) is 4.74 Å². The van der Waals surface area contributed by atoms with Crippen molar-refractivity contribution < 1.29 is 9.53 Å². The monoisotopic (exact) mass is 338 g/mol. The molecule has 0 radical (unpaired) electrons. The van der Waals surface area contributed by atoms with Gasteiger partial charge in [-0.3, -0.25) is 9.48 Å². The second-order valence-corrected chi connectivity index (χ2v) is 6.67. The summed E-state index contributed by atoms with van der Waals surface area (Å²) in [6, 6.07) is 7.90. The summed E-state index contributed by atoms with van der Waals surface area (Å²) in [5, 5.41) is 5.37. The Morgan fingerprint density at radius 1 is 1.40 bits per heavy atom. The minimum atomic E-state index is 0.0570. The highest BCUT2D eigenvalue weighted by molar-refractivity contribution is 5.98. The number of aromatic nitrogens is 3. The van der Waals surface area contributed by atoms with E-state index in [2.05, 4.69) is 10.1 Å². The Morgan fingerprint density at radius 2 is 2.28 bits per heavy atom. The molecule has 130 valence electrons. The number of amides is 1. The van der Waals surface area contributed by atoms with Gasteiger partial charge in [0, 0.05) is 29.7 Å². The first-order chi connectivity index (χ1) is 12.1. The van der Waals surface area contributed by atoms with Crippen LogP contribution in [-0.4, -0.2) is 45.3 Å². The standard InChI is InChI=1S/C19H22N4O2/c1-13-10-20-22(11-13)12-15-4-3-7-23(15)19(24)18-8-14-5-6-16(25-2)9-17(14)21-18/h5-6,8-11,15,21H,3-4,7,12H2,1-2H3. The zero-order valence-corrected chi connectivity index (χ0v) is 14.5. The maximum atomic E-state index is 13.0. The highest BCUT2D eigenvalue weighted by atomic mass is 16.5. The average molecular weight is 338 g/mol. The predicted molar refractivity (Wildman–Crippen MR) is 95.9 cm³/mol. The molecule has 0 bridgehead atoms. The number of H-pyrrole nitrogens is 1. The third-order valence-electron chi connectivity index (χ3n) is 4.86. The Morgan fingerprint density at radius 3 is 3.04 bits per heavy atom. The molecule has 0 aliphatic carbocycles. The van der Waals surface area contributed by atoms with E-state index in [1.165, 1.54) is 0 Å². The van der Waals surface area contributed by atoms with E-state index < -0.39 is 0 Å². The molecule has 1 aliphatic heterocycles. The summed E-state index contributed by atoms with van der Waals surface area (Å²) in [5.41, 5.74) is 2.69. The number of nitrogens with one attached hydrogen (secondary N) is 1. The number of methoxy groups -OCH3 is 1. The molecular formula is C19H22N4O2. The third-order valence-corrected chi connectivity index (χ3v) is 4.86. The lowest BCUT2D eigenvalue weighted by molar-refractivity contribution is 0.0716. The zero-order chi connectivity index (χ0) is 17.4. The van der Waals surface area contributed by atoms with Gasteiger partial charge in [0.1, 0.15) is 11.4 Å². The van der Waals surface area contributed by atoms with E-state index in [0.29, 0.717) is 5.69 Å². The zero-order valence-electron chi connectivity index (χ0n) is 14.5. The first kappa shape index (κ1) is 15.7. The van der Waals surface area contributed by atoms with Crippen molar-refractivity contribution in [2.45, 2.75) is 32.4 Å². The molecule has 6 heteroatoms. The molecule has 1 aromatic carbocycles. The van der Waals surface area contributed by atoms with Crippen LogP contribution in [-0.2, 0) is 6.54 Å². The van der Waals surface area contributed by atoms with Gasteiger partial charge >= 0.3 is 0 Å². The van der Waals surface area contributed by atoms with Gasteiger partial charge in [-0.25, -0.2) is 0 Å². The molecule has 2 aromatic heterocycles. The Labute approximate surface area is 146 Å². The second-order valence-electron chi connectivity index (χ2n) is 6.67. The fourth-order valence-corrected chi connectivity index (χ4v) is 3.58. The van der Waals surface area contributed by atoms with Crippen molar-refractivity contribution >= 4 is 16.8 Å². The molecule has 1 atom stereocenters. The quantitative estimate of drug-likeness (QED) is 0.795. The number of likely N-dealkylation sites (tertiary alicyclic amines) is 1. The Bertz CT molecular complexity index is 911. The van der Waals surface area contributed by atoms with Gasteiger partial charge in [-0.15, -0.1) is 0 Å².